The van der Waals surface area contributed by atoms with Crippen molar-refractivity contribution in [1.29, 1.82) is 0 Å². The van der Waals surface area contributed by atoms with Gasteiger partial charge in [-0.1, -0.05) is 0 Å². The summed E-state index contributed by atoms with van der Waals surface area (Å²) in [6.45, 7) is 0. The molecule has 3 nitrogen and oxygen atoms in total. The lowest BCUT2D eigenvalue weighted by Gasteiger charge is -1.97. The first-order chi connectivity index (χ1) is 6.59. The second-order valence-electron chi connectivity index (χ2n) is 2.90. The van der Waals surface area contributed by atoms with Crippen molar-refractivity contribution in [3.8, 4) is 0 Å². The molecule has 0 fully saturated rings. The van der Waals surface area contributed by atoms with Gasteiger partial charge >= 0.3 is 7.12 Å². The molecule has 0 aliphatic rings. The lowest BCUT2D eigenvalue weighted by Crippen LogP contribution is -2.26. The molecular formula is C8H7BBrNO2S. The van der Waals surface area contributed by atoms with E-state index < -0.39 is 7.12 Å². The highest BCUT2D eigenvalue weighted by molar-refractivity contribution is 9.10. The minimum absolute atomic E-state index is 0.504. The molecule has 0 radical (unpaired) electrons. The van der Waals surface area contributed by atoms with Crippen LogP contribution in [0.1, 0.15) is 0 Å². The molecule has 2 aromatic rings. The molecule has 14 heavy (non-hydrogen) atoms. The molecule has 1 aromatic heterocycles. The Balaban J connectivity index is 2.71. The van der Waals surface area contributed by atoms with Gasteiger partial charge in [-0.2, -0.15) is 0 Å². The van der Waals surface area contributed by atoms with Gasteiger partial charge in [-0.3, -0.25) is 0 Å². The van der Waals surface area contributed by atoms with E-state index in [4.69, 9.17) is 15.8 Å². The summed E-state index contributed by atoms with van der Waals surface area (Å²) in [7, 11) is -1.43. The van der Waals surface area contributed by atoms with Crippen LogP contribution in [-0.4, -0.2) is 17.2 Å². The maximum Gasteiger partial charge on any atom is 0.499 e. The third-order valence-electron chi connectivity index (χ3n) is 1.96. The van der Waals surface area contributed by atoms with Crippen LogP contribution in [0.4, 0.5) is 5.69 Å². The fourth-order valence-corrected chi connectivity index (χ4v) is 2.55. The fourth-order valence-electron chi connectivity index (χ4n) is 1.25. The number of anilines is 1. The number of halogens is 1. The summed E-state index contributed by atoms with van der Waals surface area (Å²) in [5.74, 6) is 0. The van der Waals surface area contributed by atoms with Gasteiger partial charge in [0.05, 0.1) is 5.69 Å². The van der Waals surface area contributed by atoms with Crippen molar-refractivity contribution in [3.63, 3.8) is 0 Å². The van der Waals surface area contributed by atoms with Crippen LogP contribution in [0.15, 0.2) is 22.7 Å². The zero-order valence-corrected chi connectivity index (χ0v) is 9.47. The Bertz CT molecular complexity index is 485. The van der Waals surface area contributed by atoms with E-state index in [1.165, 1.54) is 11.3 Å². The zero-order valence-electron chi connectivity index (χ0n) is 7.07. The number of benzene rings is 1. The number of thiophene rings is 1. The number of rotatable bonds is 1. The second kappa shape index (κ2) is 3.54. The summed E-state index contributed by atoms with van der Waals surface area (Å²) in [5, 5.41) is 18.9. The van der Waals surface area contributed by atoms with E-state index in [1.807, 2.05) is 12.1 Å². The Kier molecular flexibility index (Phi) is 2.53. The van der Waals surface area contributed by atoms with E-state index in [-0.39, 0.29) is 0 Å². The molecule has 0 amide bonds. The van der Waals surface area contributed by atoms with Gasteiger partial charge in [0.15, 0.2) is 0 Å². The van der Waals surface area contributed by atoms with Crippen LogP contribution in [0, 0.1) is 0 Å². The van der Waals surface area contributed by atoms with E-state index in [2.05, 4.69) is 15.9 Å². The first-order valence-electron chi connectivity index (χ1n) is 3.93. The summed E-state index contributed by atoms with van der Waals surface area (Å²) in [4.78, 5) is 0. The van der Waals surface area contributed by atoms with Gasteiger partial charge in [-0.05, 0) is 34.1 Å². The van der Waals surface area contributed by atoms with Crippen molar-refractivity contribution < 1.29 is 10.0 Å². The third-order valence-corrected chi connectivity index (χ3v) is 3.79. The highest BCUT2D eigenvalue weighted by Crippen LogP contribution is 2.31. The Morgan fingerprint density at radius 2 is 2.07 bits per heavy atom. The molecule has 1 aromatic carbocycles. The van der Waals surface area contributed by atoms with E-state index in [9.17, 15) is 0 Å². The van der Waals surface area contributed by atoms with Crippen LogP contribution < -0.4 is 10.5 Å². The van der Waals surface area contributed by atoms with Gasteiger partial charge in [0.2, 0.25) is 0 Å². The first-order valence-corrected chi connectivity index (χ1v) is 5.54. The number of nitrogens with two attached hydrogens (primary N) is 1. The van der Waals surface area contributed by atoms with Crippen LogP contribution in [-0.2, 0) is 0 Å². The standard InChI is InChI=1S/C8H7BBrNO2S/c10-5-1-2-6-4(8(5)11)3-7(14-6)9(12)13/h1-3,12-13H,11H2. The van der Waals surface area contributed by atoms with Crippen molar-refractivity contribution in [2.75, 3.05) is 5.73 Å². The number of nitrogen functional groups attached to an aromatic ring is 1. The summed E-state index contributed by atoms with van der Waals surface area (Å²) in [5.41, 5.74) is 6.46. The topological polar surface area (TPSA) is 66.5 Å². The van der Waals surface area contributed by atoms with Crippen molar-refractivity contribution in [2.45, 2.75) is 0 Å². The molecule has 1 heterocycles. The van der Waals surface area contributed by atoms with Crippen LogP contribution in [0.2, 0.25) is 0 Å². The summed E-state index contributed by atoms with van der Waals surface area (Å²) < 4.78 is 2.28. The third kappa shape index (κ3) is 1.54. The quantitative estimate of drug-likeness (QED) is 0.534. The SMILES string of the molecule is Nc1c(Br)ccc2sc(B(O)O)cc12. The molecule has 0 atom stereocenters. The van der Waals surface area contributed by atoms with Crippen LogP contribution >= 0.6 is 27.3 Å². The molecule has 0 aliphatic carbocycles. The number of fused-ring (bicyclic) bond motifs is 1. The van der Waals surface area contributed by atoms with Gasteiger partial charge in [0.25, 0.3) is 0 Å². The Labute approximate surface area is 93.4 Å². The molecule has 4 N–H and O–H groups in total. The van der Waals surface area contributed by atoms with Crippen molar-refractivity contribution >= 4 is 54.9 Å². The second-order valence-corrected chi connectivity index (χ2v) is 4.87. The van der Waals surface area contributed by atoms with Crippen molar-refractivity contribution in [1.82, 2.24) is 0 Å². The molecule has 72 valence electrons. The summed E-state index contributed by atoms with van der Waals surface area (Å²) >= 11 is 4.64. The van der Waals surface area contributed by atoms with Gasteiger partial charge in [0.1, 0.15) is 0 Å². The van der Waals surface area contributed by atoms with Crippen LogP contribution in [0.5, 0.6) is 0 Å². The predicted molar refractivity (Wildman–Crippen MR) is 63.8 cm³/mol. The summed E-state index contributed by atoms with van der Waals surface area (Å²) in [6, 6.07) is 5.44. The maximum atomic E-state index is 9.00. The normalized spacial score (nSPS) is 10.8. The molecule has 6 heteroatoms. The Hall–Kier alpha value is -0.555. The molecule has 0 spiro atoms. The van der Waals surface area contributed by atoms with E-state index >= 15 is 0 Å². The lowest BCUT2D eigenvalue weighted by molar-refractivity contribution is 0.427. The first kappa shape index (κ1) is 9.98. The maximum absolute atomic E-state index is 9.00. The molecular weight excluding hydrogens is 265 g/mol. The Morgan fingerprint density at radius 1 is 1.36 bits per heavy atom. The van der Waals surface area contributed by atoms with Gasteiger partial charge < -0.3 is 15.8 Å². The molecule has 0 saturated carbocycles. The van der Waals surface area contributed by atoms with Gasteiger partial charge in [-0.25, -0.2) is 0 Å². The summed E-state index contributed by atoms with van der Waals surface area (Å²) in [6.07, 6.45) is 0. The average Bonchev–Trinajstić information content (AvgIpc) is 2.56. The molecule has 0 bridgehead atoms. The van der Waals surface area contributed by atoms with Crippen LogP contribution in [0.25, 0.3) is 10.1 Å². The fraction of sp³-hybridized carbons (Fsp3) is 0. The Morgan fingerprint density at radius 3 is 2.71 bits per heavy atom. The van der Waals surface area contributed by atoms with E-state index in [1.54, 1.807) is 6.07 Å². The molecule has 2 rings (SSSR count). The zero-order chi connectivity index (χ0) is 10.3. The average molecular weight is 272 g/mol. The molecule has 0 unspecified atom stereocenters. The smallest absolute Gasteiger partial charge is 0.423 e. The minimum atomic E-state index is -1.43. The monoisotopic (exact) mass is 271 g/mol. The van der Waals surface area contributed by atoms with Gasteiger partial charge in [0, 0.05) is 19.3 Å². The van der Waals surface area contributed by atoms with Crippen molar-refractivity contribution in [3.05, 3.63) is 22.7 Å². The van der Waals surface area contributed by atoms with E-state index in [0.29, 0.717) is 10.5 Å². The lowest BCUT2D eigenvalue weighted by atomic mass is 9.89. The minimum Gasteiger partial charge on any atom is -0.423 e. The van der Waals surface area contributed by atoms with Crippen LogP contribution in [0.3, 0.4) is 0 Å². The number of hydrogen-bond acceptors (Lipinski definition) is 4. The highest BCUT2D eigenvalue weighted by Gasteiger charge is 2.16. The molecule has 0 saturated heterocycles. The van der Waals surface area contributed by atoms with Crippen molar-refractivity contribution in [2.24, 2.45) is 0 Å². The van der Waals surface area contributed by atoms with E-state index in [0.717, 1.165) is 14.6 Å². The predicted octanol–water partition coefficient (Wildman–Crippen LogP) is 0.926. The van der Waals surface area contributed by atoms with Gasteiger partial charge in [-0.15, -0.1) is 11.3 Å². The number of hydrogen-bond donors (Lipinski definition) is 3. The highest BCUT2D eigenvalue weighted by atomic mass is 79.9. The molecule has 0 aliphatic heterocycles. The largest absolute Gasteiger partial charge is 0.499 e.